The zero-order chi connectivity index (χ0) is 13.9. The van der Waals surface area contributed by atoms with Gasteiger partial charge in [-0.2, -0.15) is 0 Å². The third-order valence-corrected chi connectivity index (χ3v) is 4.77. The molecule has 0 spiro atoms. The number of hydrogen-bond acceptors (Lipinski definition) is 4. The minimum Gasteiger partial charge on any atom is -0.468 e. The van der Waals surface area contributed by atoms with Gasteiger partial charge in [-0.1, -0.05) is 0 Å². The standard InChI is InChI=1S/C16H22N2OS/c1-17(2)10-13-9-14(20-12-13)11-18-7-3-5-15(18)16-6-4-8-19-16/h4,6,8-9,12,15H,3,5,7,10-11H2,1-2H3/t15-/m0/s1. The van der Waals surface area contributed by atoms with Crippen molar-refractivity contribution in [3.05, 3.63) is 46.0 Å². The molecule has 0 amide bonds. The highest BCUT2D eigenvalue weighted by Crippen LogP contribution is 2.34. The Kier molecular flexibility index (Phi) is 4.24. The summed E-state index contributed by atoms with van der Waals surface area (Å²) in [6, 6.07) is 6.91. The lowest BCUT2D eigenvalue weighted by Crippen LogP contribution is -2.21. The Morgan fingerprint density at radius 3 is 3.10 bits per heavy atom. The van der Waals surface area contributed by atoms with Crippen molar-refractivity contribution in [2.24, 2.45) is 0 Å². The topological polar surface area (TPSA) is 19.6 Å². The van der Waals surface area contributed by atoms with Gasteiger partial charge in [0.2, 0.25) is 0 Å². The second-order valence-electron chi connectivity index (χ2n) is 5.80. The molecule has 2 aromatic rings. The summed E-state index contributed by atoms with van der Waals surface area (Å²) in [5.41, 5.74) is 1.42. The van der Waals surface area contributed by atoms with E-state index in [2.05, 4.69) is 41.4 Å². The fourth-order valence-electron chi connectivity index (χ4n) is 2.98. The van der Waals surface area contributed by atoms with Crippen molar-refractivity contribution in [1.29, 1.82) is 0 Å². The van der Waals surface area contributed by atoms with E-state index >= 15 is 0 Å². The Bertz CT molecular complexity index is 532. The molecule has 4 heteroatoms. The first-order chi connectivity index (χ1) is 9.72. The molecule has 0 aromatic carbocycles. The highest BCUT2D eigenvalue weighted by Gasteiger charge is 2.28. The first-order valence-corrected chi connectivity index (χ1v) is 8.09. The summed E-state index contributed by atoms with van der Waals surface area (Å²) in [5.74, 6) is 1.12. The molecule has 0 N–H and O–H groups in total. The van der Waals surface area contributed by atoms with Crippen molar-refractivity contribution >= 4 is 11.3 Å². The fraction of sp³-hybridized carbons (Fsp3) is 0.500. The van der Waals surface area contributed by atoms with Crippen LogP contribution in [0.4, 0.5) is 0 Å². The van der Waals surface area contributed by atoms with E-state index in [1.807, 2.05) is 17.4 Å². The Hall–Kier alpha value is -1.10. The minimum absolute atomic E-state index is 0.462. The molecule has 1 aliphatic rings. The molecule has 1 saturated heterocycles. The molecule has 108 valence electrons. The summed E-state index contributed by atoms with van der Waals surface area (Å²) in [4.78, 5) is 6.22. The summed E-state index contributed by atoms with van der Waals surface area (Å²) in [6.07, 6.45) is 4.26. The van der Waals surface area contributed by atoms with Crippen LogP contribution in [-0.2, 0) is 13.1 Å². The van der Waals surface area contributed by atoms with Crippen molar-refractivity contribution in [2.75, 3.05) is 20.6 Å². The van der Waals surface area contributed by atoms with Gasteiger partial charge in [0.15, 0.2) is 0 Å². The maximum atomic E-state index is 5.60. The van der Waals surface area contributed by atoms with E-state index in [4.69, 9.17) is 4.42 Å². The third kappa shape index (κ3) is 3.14. The lowest BCUT2D eigenvalue weighted by molar-refractivity contribution is 0.222. The van der Waals surface area contributed by atoms with Crippen LogP contribution in [0.2, 0.25) is 0 Å². The van der Waals surface area contributed by atoms with Crippen LogP contribution in [0.15, 0.2) is 34.3 Å². The molecule has 3 rings (SSSR count). The van der Waals surface area contributed by atoms with Crippen LogP contribution in [0.5, 0.6) is 0 Å². The van der Waals surface area contributed by atoms with Crippen LogP contribution in [0.3, 0.4) is 0 Å². The Morgan fingerprint density at radius 2 is 2.35 bits per heavy atom. The number of thiophene rings is 1. The van der Waals surface area contributed by atoms with E-state index < -0.39 is 0 Å². The largest absolute Gasteiger partial charge is 0.468 e. The summed E-state index contributed by atoms with van der Waals surface area (Å²) >= 11 is 1.88. The lowest BCUT2D eigenvalue weighted by Gasteiger charge is -2.21. The first kappa shape index (κ1) is 13.9. The fourth-order valence-corrected chi connectivity index (χ4v) is 3.88. The van der Waals surface area contributed by atoms with Gasteiger partial charge in [0.1, 0.15) is 5.76 Å². The molecule has 1 fully saturated rings. The minimum atomic E-state index is 0.462. The second-order valence-corrected chi connectivity index (χ2v) is 6.80. The van der Waals surface area contributed by atoms with Crippen LogP contribution in [0.1, 0.15) is 35.1 Å². The molecule has 0 aliphatic carbocycles. The lowest BCUT2D eigenvalue weighted by atomic mass is 10.1. The maximum Gasteiger partial charge on any atom is 0.120 e. The van der Waals surface area contributed by atoms with Gasteiger partial charge in [0, 0.05) is 18.0 Å². The van der Waals surface area contributed by atoms with Gasteiger partial charge in [0.05, 0.1) is 12.3 Å². The number of furan rings is 1. The average Bonchev–Trinajstić information content (AvgIpc) is 3.10. The van der Waals surface area contributed by atoms with Crippen LogP contribution in [0, 0.1) is 0 Å². The van der Waals surface area contributed by atoms with Crippen molar-refractivity contribution < 1.29 is 4.42 Å². The van der Waals surface area contributed by atoms with Crippen LogP contribution >= 0.6 is 11.3 Å². The van der Waals surface area contributed by atoms with Gasteiger partial charge < -0.3 is 9.32 Å². The highest BCUT2D eigenvalue weighted by molar-refractivity contribution is 7.10. The summed E-state index contributed by atoms with van der Waals surface area (Å²) < 4.78 is 5.60. The summed E-state index contributed by atoms with van der Waals surface area (Å²) in [6.45, 7) is 3.24. The molecule has 2 aromatic heterocycles. The van der Waals surface area contributed by atoms with E-state index in [1.165, 1.54) is 29.8 Å². The third-order valence-electron chi connectivity index (χ3n) is 3.80. The zero-order valence-corrected chi connectivity index (χ0v) is 13.0. The van der Waals surface area contributed by atoms with Gasteiger partial charge in [-0.3, -0.25) is 4.90 Å². The maximum absolute atomic E-state index is 5.60. The normalized spacial score (nSPS) is 20.1. The van der Waals surface area contributed by atoms with Gasteiger partial charge in [-0.05, 0) is 62.6 Å². The van der Waals surface area contributed by atoms with Crippen LogP contribution in [-0.4, -0.2) is 30.4 Å². The predicted octanol–water partition coefficient (Wildman–Crippen LogP) is 3.74. The van der Waals surface area contributed by atoms with E-state index in [-0.39, 0.29) is 0 Å². The molecule has 3 nitrogen and oxygen atoms in total. The summed E-state index contributed by atoms with van der Waals surface area (Å²) in [7, 11) is 4.23. The Balaban J connectivity index is 1.66. The van der Waals surface area contributed by atoms with Crippen molar-refractivity contribution in [3.63, 3.8) is 0 Å². The molecular weight excluding hydrogens is 268 g/mol. The predicted molar refractivity (Wildman–Crippen MR) is 82.8 cm³/mol. The number of likely N-dealkylation sites (tertiary alicyclic amines) is 1. The van der Waals surface area contributed by atoms with Gasteiger partial charge in [0.25, 0.3) is 0 Å². The van der Waals surface area contributed by atoms with E-state index in [1.54, 1.807) is 6.26 Å². The van der Waals surface area contributed by atoms with Gasteiger partial charge in [-0.25, -0.2) is 0 Å². The molecule has 1 atom stereocenters. The monoisotopic (exact) mass is 290 g/mol. The summed E-state index contributed by atoms with van der Waals surface area (Å²) in [5, 5.41) is 2.29. The molecule has 1 aliphatic heterocycles. The van der Waals surface area contributed by atoms with E-state index in [9.17, 15) is 0 Å². The molecule has 0 radical (unpaired) electrons. The van der Waals surface area contributed by atoms with Crippen molar-refractivity contribution in [2.45, 2.75) is 32.0 Å². The first-order valence-electron chi connectivity index (χ1n) is 7.21. The molecular formula is C16H22N2OS. The Labute approximate surface area is 124 Å². The molecule has 3 heterocycles. The highest BCUT2D eigenvalue weighted by atomic mass is 32.1. The molecule has 0 saturated carbocycles. The van der Waals surface area contributed by atoms with Crippen molar-refractivity contribution in [3.8, 4) is 0 Å². The quantitative estimate of drug-likeness (QED) is 0.836. The van der Waals surface area contributed by atoms with Gasteiger partial charge in [-0.15, -0.1) is 11.3 Å². The zero-order valence-electron chi connectivity index (χ0n) is 12.2. The second kappa shape index (κ2) is 6.12. The molecule has 0 unspecified atom stereocenters. The molecule has 0 bridgehead atoms. The SMILES string of the molecule is CN(C)Cc1csc(CN2CCC[C@H]2c2ccco2)c1. The molecule has 20 heavy (non-hydrogen) atoms. The average molecular weight is 290 g/mol. The van der Waals surface area contributed by atoms with Crippen LogP contribution < -0.4 is 0 Å². The van der Waals surface area contributed by atoms with Crippen molar-refractivity contribution in [1.82, 2.24) is 9.80 Å². The van der Waals surface area contributed by atoms with E-state index in [0.29, 0.717) is 6.04 Å². The number of nitrogens with zero attached hydrogens (tertiary/aromatic N) is 2. The smallest absolute Gasteiger partial charge is 0.120 e. The van der Waals surface area contributed by atoms with Crippen LogP contribution in [0.25, 0.3) is 0 Å². The van der Waals surface area contributed by atoms with E-state index in [0.717, 1.165) is 18.8 Å². The van der Waals surface area contributed by atoms with Gasteiger partial charge >= 0.3 is 0 Å². The number of hydrogen-bond donors (Lipinski definition) is 0. The Morgan fingerprint density at radius 1 is 1.45 bits per heavy atom. The number of rotatable bonds is 5.